The van der Waals surface area contributed by atoms with Crippen LogP contribution in [0.5, 0.6) is 0 Å². The van der Waals surface area contributed by atoms with Crippen molar-refractivity contribution in [3.05, 3.63) is 60.3 Å². The van der Waals surface area contributed by atoms with E-state index in [0.717, 1.165) is 75.4 Å². The van der Waals surface area contributed by atoms with Crippen molar-refractivity contribution in [1.82, 2.24) is 24.8 Å². The van der Waals surface area contributed by atoms with Crippen molar-refractivity contribution in [3.8, 4) is 0 Å². The molecule has 4 rings (SSSR count). The molecular formula is C24H33N7O. The Balaban J connectivity index is 1.26. The van der Waals surface area contributed by atoms with E-state index in [1.165, 1.54) is 5.70 Å². The fourth-order valence-corrected chi connectivity index (χ4v) is 4.77. The zero-order chi connectivity index (χ0) is 22.3. The number of rotatable bonds is 7. The first-order valence-electron chi connectivity index (χ1n) is 11.4. The first-order valence-corrected chi connectivity index (χ1v) is 11.4. The summed E-state index contributed by atoms with van der Waals surface area (Å²) in [6.07, 6.45) is 9.80. The Morgan fingerprint density at radius 1 is 1.06 bits per heavy atom. The van der Waals surface area contributed by atoms with Crippen molar-refractivity contribution in [2.24, 2.45) is 17.0 Å². The molecule has 0 radical (unpaired) electrons. The Kier molecular flexibility index (Phi) is 7.32. The lowest BCUT2D eigenvalue weighted by Crippen LogP contribution is -2.41. The molecule has 2 N–H and O–H groups in total. The van der Waals surface area contributed by atoms with Gasteiger partial charge in [-0.15, -0.1) is 0 Å². The van der Waals surface area contributed by atoms with Gasteiger partial charge in [0.1, 0.15) is 12.8 Å². The third kappa shape index (κ3) is 5.43. The molecule has 2 aromatic heterocycles. The van der Waals surface area contributed by atoms with E-state index in [1.807, 2.05) is 36.8 Å². The normalized spacial score (nSPS) is 19.2. The second-order valence-corrected chi connectivity index (χ2v) is 8.63. The summed E-state index contributed by atoms with van der Waals surface area (Å²) in [5.41, 5.74) is 9.86. The number of piperidine rings is 2. The Morgan fingerprint density at radius 2 is 1.75 bits per heavy atom. The topological polar surface area (TPSA) is 92.8 Å². The molecule has 32 heavy (non-hydrogen) atoms. The summed E-state index contributed by atoms with van der Waals surface area (Å²) in [6.45, 7) is 9.50. The molecule has 2 aliphatic rings. The van der Waals surface area contributed by atoms with Gasteiger partial charge in [0.2, 0.25) is 5.95 Å². The van der Waals surface area contributed by atoms with Crippen LogP contribution >= 0.6 is 0 Å². The summed E-state index contributed by atoms with van der Waals surface area (Å²) >= 11 is 0. The molecule has 2 aliphatic heterocycles. The highest BCUT2D eigenvalue weighted by molar-refractivity contribution is 6.00. The van der Waals surface area contributed by atoms with Crippen molar-refractivity contribution >= 4 is 11.7 Å². The highest BCUT2D eigenvalue weighted by Crippen LogP contribution is 2.31. The van der Waals surface area contributed by atoms with Crippen molar-refractivity contribution < 1.29 is 4.84 Å². The van der Waals surface area contributed by atoms with E-state index < -0.39 is 0 Å². The van der Waals surface area contributed by atoms with Crippen LogP contribution in [0.25, 0.3) is 0 Å². The zero-order valence-electron chi connectivity index (χ0n) is 18.9. The minimum absolute atomic E-state index is 0.327. The molecule has 2 fully saturated rings. The maximum absolute atomic E-state index is 5.59. The average Bonchev–Trinajstić information content (AvgIpc) is 2.85. The summed E-state index contributed by atoms with van der Waals surface area (Å²) in [4.78, 5) is 22.8. The molecule has 0 saturated carbocycles. The largest absolute Gasteiger partial charge is 0.399 e. The fourth-order valence-electron chi connectivity index (χ4n) is 4.77. The number of hydrogen-bond donors (Lipinski definition) is 1. The minimum Gasteiger partial charge on any atom is -0.399 e. The SMILES string of the molecule is C=C(C1CCN(Cc2cnc(N)nc2)CC1)N1CCC(/C(=N\OC)c2ccccn2)CC1. The molecule has 4 heterocycles. The quantitative estimate of drug-likeness (QED) is 0.528. The molecule has 2 aromatic rings. The highest BCUT2D eigenvalue weighted by Gasteiger charge is 2.29. The lowest BCUT2D eigenvalue weighted by atomic mass is 9.87. The third-order valence-corrected chi connectivity index (χ3v) is 6.60. The van der Waals surface area contributed by atoms with Gasteiger partial charge in [-0.3, -0.25) is 9.88 Å². The highest BCUT2D eigenvalue weighted by atomic mass is 16.6. The number of allylic oxidation sites excluding steroid dienone is 1. The Labute approximate surface area is 190 Å². The third-order valence-electron chi connectivity index (χ3n) is 6.60. The van der Waals surface area contributed by atoms with E-state index in [4.69, 9.17) is 10.6 Å². The van der Waals surface area contributed by atoms with Crippen LogP contribution in [0, 0.1) is 11.8 Å². The van der Waals surface area contributed by atoms with Gasteiger partial charge in [0, 0.05) is 61.3 Å². The standard InChI is InChI=1S/C24H33N7O/c1-18(20-6-11-30(12-7-20)17-19-15-27-24(25)28-16-19)31-13-8-21(9-14-31)23(29-32-2)22-5-3-4-10-26-22/h3-5,10,15-16,20-21H,1,6-9,11-14,17H2,2H3,(H2,25,27,28)/b29-23+. The maximum Gasteiger partial charge on any atom is 0.219 e. The number of nitrogens with zero attached hydrogens (tertiary/aromatic N) is 6. The van der Waals surface area contributed by atoms with E-state index in [0.29, 0.717) is 17.8 Å². The van der Waals surface area contributed by atoms with Crippen LogP contribution in [-0.2, 0) is 11.4 Å². The van der Waals surface area contributed by atoms with Gasteiger partial charge in [-0.05, 0) is 50.9 Å². The van der Waals surface area contributed by atoms with E-state index in [-0.39, 0.29) is 0 Å². The predicted octanol–water partition coefficient (Wildman–Crippen LogP) is 2.94. The summed E-state index contributed by atoms with van der Waals surface area (Å²) in [5, 5.41) is 4.32. The number of nitrogen functional groups attached to an aromatic ring is 1. The number of anilines is 1. The van der Waals surface area contributed by atoms with Crippen LogP contribution in [0.15, 0.2) is 54.2 Å². The van der Waals surface area contributed by atoms with Crippen molar-refractivity contribution in [2.75, 3.05) is 39.0 Å². The molecule has 8 heteroatoms. The smallest absolute Gasteiger partial charge is 0.219 e. The molecule has 0 bridgehead atoms. The maximum atomic E-state index is 5.59. The molecule has 0 amide bonds. The Hall–Kier alpha value is -3.00. The van der Waals surface area contributed by atoms with E-state index in [2.05, 4.69) is 36.5 Å². The van der Waals surface area contributed by atoms with Gasteiger partial charge in [-0.1, -0.05) is 17.8 Å². The molecular weight excluding hydrogens is 402 g/mol. The number of aromatic nitrogens is 3. The number of hydrogen-bond acceptors (Lipinski definition) is 8. The monoisotopic (exact) mass is 435 g/mol. The van der Waals surface area contributed by atoms with Crippen LogP contribution in [0.4, 0.5) is 5.95 Å². The van der Waals surface area contributed by atoms with Crippen LogP contribution in [-0.4, -0.2) is 63.8 Å². The lowest BCUT2D eigenvalue weighted by molar-refractivity contribution is 0.158. The number of nitrogens with two attached hydrogens (primary N) is 1. The minimum atomic E-state index is 0.327. The van der Waals surface area contributed by atoms with Gasteiger partial charge in [-0.25, -0.2) is 9.97 Å². The second kappa shape index (κ2) is 10.5. The van der Waals surface area contributed by atoms with Crippen molar-refractivity contribution in [1.29, 1.82) is 0 Å². The van der Waals surface area contributed by atoms with Gasteiger partial charge < -0.3 is 15.5 Å². The lowest BCUT2D eigenvalue weighted by Gasteiger charge is -2.40. The summed E-state index contributed by atoms with van der Waals surface area (Å²) in [7, 11) is 1.60. The van der Waals surface area contributed by atoms with E-state index in [9.17, 15) is 0 Å². The second-order valence-electron chi connectivity index (χ2n) is 8.63. The van der Waals surface area contributed by atoms with Gasteiger partial charge in [0.25, 0.3) is 0 Å². The molecule has 0 aromatic carbocycles. The van der Waals surface area contributed by atoms with Crippen LogP contribution in [0.1, 0.15) is 36.9 Å². The molecule has 170 valence electrons. The Bertz CT molecular complexity index is 900. The predicted molar refractivity (Wildman–Crippen MR) is 126 cm³/mol. The number of likely N-dealkylation sites (tertiary alicyclic amines) is 2. The molecule has 0 atom stereocenters. The molecule has 0 unspecified atom stereocenters. The van der Waals surface area contributed by atoms with E-state index in [1.54, 1.807) is 7.11 Å². The van der Waals surface area contributed by atoms with Crippen LogP contribution in [0.3, 0.4) is 0 Å². The number of oxime groups is 1. The molecule has 8 nitrogen and oxygen atoms in total. The first-order chi connectivity index (χ1) is 15.6. The first kappa shape index (κ1) is 22.2. The van der Waals surface area contributed by atoms with Crippen LogP contribution in [0.2, 0.25) is 0 Å². The Morgan fingerprint density at radius 3 is 2.38 bits per heavy atom. The van der Waals surface area contributed by atoms with Crippen molar-refractivity contribution in [2.45, 2.75) is 32.2 Å². The molecule has 0 spiro atoms. The summed E-state index contributed by atoms with van der Waals surface area (Å²) in [6, 6.07) is 5.93. The molecule has 0 aliphatic carbocycles. The summed E-state index contributed by atoms with van der Waals surface area (Å²) < 4.78 is 0. The van der Waals surface area contributed by atoms with Gasteiger partial charge in [-0.2, -0.15) is 0 Å². The number of pyridine rings is 1. The fraction of sp³-hybridized carbons (Fsp3) is 0.500. The van der Waals surface area contributed by atoms with Crippen molar-refractivity contribution in [3.63, 3.8) is 0 Å². The van der Waals surface area contributed by atoms with Crippen LogP contribution < -0.4 is 5.73 Å². The van der Waals surface area contributed by atoms with Gasteiger partial charge in [0.15, 0.2) is 0 Å². The zero-order valence-corrected chi connectivity index (χ0v) is 18.9. The van der Waals surface area contributed by atoms with Gasteiger partial charge >= 0.3 is 0 Å². The summed E-state index contributed by atoms with van der Waals surface area (Å²) in [5.74, 6) is 1.24. The van der Waals surface area contributed by atoms with E-state index >= 15 is 0 Å². The average molecular weight is 436 g/mol. The molecule has 2 saturated heterocycles. The van der Waals surface area contributed by atoms with Gasteiger partial charge in [0.05, 0.1) is 5.69 Å².